The minimum atomic E-state index is -0.499. The second-order valence-corrected chi connectivity index (χ2v) is 7.60. The topological polar surface area (TPSA) is 102 Å². The first-order valence-corrected chi connectivity index (χ1v) is 8.97. The summed E-state index contributed by atoms with van der Waals surface area (Å²) in [5.41, 5.74) is 5.77. The molecule has 8 heteroatoms. The zero-order valence-electron chi connectivity index (χ0n) is 14.6. The van der Waals surface area contributed by atoms with Crippen LogP contribution in [0.3, 0.4) is 0 Å². The standard InChI is InChI=1S/C17H25N5O3/c1-10(2)22-8-11(7-19-22)20-15(23)13-12-3-4-17(25-12)9-21(6-5-18)16(24)14(13)17/h7-8,10,12-14H,3-6,9,18H2,1-2H3,(H,20,23)/t12-,13-,14+,17-/m0/s1. The lowest BCUT2D eigenvalue weighted by Crippen LogP contribution is -2.43. The molecule has 8 nitrogen and oxygen atoms in total. The number of hydrogen-bond acceptors (Lipinski definition) is 5. The predicted octanol–water partition coefficient (Wildman–Crippen LogP) is 0.367. The molecule has 4 atom stereocenters. The van der Waals surface area contributed by atoms with E-state index in [-0.39, 0.29) is 24.0 Å². The molecule has 3 saturated heterocycles. The van der Waals surface area contributed by atoms with Crippen molar-refractivity contribution in [3.63, 3.8) is 0 Å². The molecular formula is C17H25N5O3. The summed E-state index contributed by atoms with van der Waals surface area (Å²) >= 11 is 0. The van der Waals surface area contributed by atoms with Gasteiger partial charge in [-0.25, -0.2) is 0 Å². The smallest absolute Gasteiger partial charge is 0.231 e. The van der Waals surface area contributed by atoms with Crippen molar-refractivity contribution in [3.8, 4) is 0 Å². The van der Waals surface area contributed by atoms with Gasteiger partial charge in [0.25, 0.3) is 0 Å². The zero-order chi connectivity index (χ0) is 17.8. The Hall–Kier alpha value is -1.93. The van der Waals surface area contributed by atoms with Gasteiger partial charge in [0.15, 0.2) is 0 Å². The van der Waals surface area contributed by atoms with Crippen molar-refractivity contribution in [2.45, 2.75) is 44.4 Å². The Morgan fingerprint density at radius 3 is 3.04 bits per heavy atom. The fourth-order valence-electron chi connectivity index (χ4n) is 4.60. The maximum atomic E-state index is 12.9. The summed E-state index contributed by atoms with van der Waals surface area (Å²) in [5.74, 6) is -0.974. The average molecular weight is 347 g/mol. The van der Waals surface area contributed by atoms with Gasteiger partial charge in [0.2, 0.25) is 11.8 Å². The number of carbonyl (C=O) groups is 2. The normalized spacial score (nSPS) is 33.4. The number of hydrogen-bond donors (Lipinski definition) is 2. The Kier molecular flexibility index (Phi) is 3.84. The number of fused-ring (bicyclic) bond motifs is 1. The lowest BCUT2D eigenvalue weighted by Gasteiger charge is -2.26. The summed E-state index contributed by atoms with van der Waals surface area (Å²) in [6.45, 7) is 5.54. The maximum Gasteiger partial charge on any atom is 0.231 e. The van der Waals surface area contributed by atoms with E-state index in [1.54, 1.807) is 15.8 Å². The van der Waals surface area contributed by atoms with Crippen LogP contribution in [0.25, 0.3) is 0 Å². The number of carbonyl (C=O) groups excluding carboxylic acids is 2. The molecule has 4 rings (SSSR count). The zero-order valence-corrected chi connectivity index (χ0v) is 14.6. The van der Waals surface area contributed by atoms with Gasteiger partial charge in [-0.05, 0) is 26.7 Å². The van der Waals surface area contributed by atoms with Gasteiger partial charge in [-0.3, -0.25) is 14.3 Å². The molecule has 0 saturated carbocycles. The quantitative estimate of drug-likeness (QED) is 0.801. The molecule has 0 aromatic carbocycles. The lowest BCUT2D eigenvalue weighted by molar-refractivity contribution is -0.136. The highest BCUT2D eigenvalue weighted by Crippen LogP contribution is 2.55. The van der Waals surface area contributed by atoms with Crippen molar-refractivity contribution in [2.24, 2.45) is 17.6 Å². The third-order valence-electron chi connectivity index (χ3n) is 5.70. The van der Waals surface area contributed by atoms with Crippen LogP contribution in [0.15, 0.2) is 12.4 Å². The number of rotatable bonds is 5. The lowest BCUT2D eigenvalue weighted by atomic mass is 9.73. The van der Waals surface area contributed by atoms with Crippen LogP contribution in [0.4, 0.5) is 5.69 Å². The van der Waals surface area contributed by atoms with E-state index in [0.29, 0.717) is 25.3 Å². The summed E-state index contributed by atoms with van der Waals surface area (Å²) < 4.78 is 7.95. The SMILES string of the molecule is CC(C)n1cc(NC(=O)[C@H]2[C@@H]3CC[C@@]4(CN(CCN)C(=O)[C@@H]24)O3)cn1. The van der Waals surface area contributed by atoms with Crippen molar-refractivity contribution in [1.29, 1.82) is 0 Å². The number of nitrogens with two attached hydrogens (primary N) is 1. The predicted molar refractivity (Wildman–Crippen MR) is 90.7 cm³/mol. The van der Waals surface area contributed by atoms with Crippen LogP contribution in [0.5, 0.6) is 0 Å². The molecule has 136 valence electrons. The monoisotopic (exact) mass is 347 g/mol. The summed E-state index contributed by atoms with van der Waals surface area (Å²) in [6, 6.07) is 0.223. The first kappa shape index (κ1) is 16.5. The van der Waals surface area contributed by atoms with E-state index < -0.39 is 17.4 Å². The van der Waals surface area contributed by atoms with Crippen LogP contribution >= 0.6 is 0 Å². The molecule has 3 aliphatic rings. The molecule has 2 bridgehead atoms. The molecule has 0 radical (unpaired) electrons. The van der Waals surface area contributed by atoms with E-state index in [1.165, 1.54) is 0 Å². The third-order valence-corrected chi connectivity index (χ3v) is 5.70. The van der Waals surface area contributed by atoms with Gasteiger partial charge in [-0.1, -0.05) is 0 Å². The summed E-state index contributed by atoms with van der Waals surface area (Å²) in [5, 5.41) is 7.16. The first-order valence-electron chi connectivity index (χ1n) is 8.97. The minimum Gasteiger partial charge on any atom is -0.368 e. The van der Waals surface area contributed by atoms with Gasteiger partial charge in [0.1, 0.15) is 0 Å². The van der Waals surface area contributed by atoms with Gasteiger partial charge < -0.3 is 20.7 Å². The molecule has 4 heterocycles. The van der Waals surface area contributed by atoms with Crippen molar-refractivity contribution in [1.82, 2.24) is 14.7 Å². The van der Waals surface area contributed by atoms with E-state index in [1.807, 2.05) is 20.0 Å². The number of amides is 2. The Balaban J connectivity index is 1.53. The van der Waals surface area contributed by atoms with Crippen LogP contribution in [0.1, 0.15) is 32.7 Å². The highest BCUT2D eigenvalue weighted by Gasteiger charge is 2.68. The number of anilines is 1. The number of nitrogens with zero attached hydrogens (tertiary/aromatic N) is 3. The maximum absolute atomic E-state index is 12.9. The molecule has 1 spiro atoms. The van der Waals surface area contributed by atoms with Crippen LogP contribution < -0.4 is 11.1 Å². The van der Waals surface area contributed by atoms with Crippen LogP contribution in [0.2, 0.25) is 0 Å². The molecule has 3 fully saturated rings. The van der Waals surface area contributed by atoms with E-state index in [0.717, 1.165) is 12.8 Å². The number of nitrogens with one attached hydrogen (secondary N) is 1. The summed E-state index contributed by atoms with van der Waals surface area (Å²) in [4.78, 5) is 27.5. The number of likely N-dealkylation sites (tertiary alicyclic amines) is 1. The fraction of sp³-hybridized carbons (Fsp3) is 0.706. The summed E-state index contributed by atoms with van der Waals surface area (Å²) in [7, 11) is 0. The number of ether oxygens (including phenoxy) is 1. The number of aromatic nitrogens is 2. The highest BCUT2D eigenvalue weighted by molar-refractivity contribution is 5.98. The average Bonchev–Trinajstić information content (AvgIpc) is 3.29. The van der Waals surface area contributed by atoms with Crippen molar-refractivity contribution >= 4 is 17.5 Å². The molecule has 3 aliphatic heterocycles. The third kappa shape index (κ3) is 2.46. The molecule has 0 unspecified atom stereocenters. The van der Waals surface area contributed by atoms with Gasteiger partial charge >= 0.3 is 0 Å². The van der Waals surface area contributed by atoms with E-state index in [9.17, 15) is 9.59 Å². The van der Waals surface area contributed by atoms with Crippen molar-refractivity contribution in [2.75, 3.05) is 25.0 Å². The Morgan fingerprint density at radius 1 is 1.56 bits per heavy atom. The van der Waals surface area contributed by atoms with Gasteiger partial charge in [0.05, 0.1) is 42.0 Å². The molecule has 1 aromatic rings. The van der Waals surface area contributed by atoms with Gasteiger partial charge in [-0.2, -0.15) is 5.10 Å². The Labute approximate surface area is 146 Å². The van der Waals surface area contributed by atoms with E-state index in [4.69, 9.17) is 10.5 Å². The second kappa shape index (κ2) is 5.81. The van der Waals surface area contributed by atoms with Crippen LogP contribution in [-0.4, -0.2) is 57.8 Å². The van der Waals surface area contributed by atoms with Crippen LogP contribution in [-0.2, 0) is 14.3 Å². The minimum absolute atomic E-state index is 0.00526. The van der Waals surface area contributed by atoms with Gasteiger partial charge in [-0.15, -0.1) is 0 Å². The van der Waals surface area contributed by atoms with Crippen molar-refractivity contribution in [3.05, 3.63) is 12.4 Å². The second-order valence-electron chi connectivity index (χ2n) is 7.60. The molecule has 0 aliphatic carbocycles. The summed E-state index contributed by atoms with van der Waals surface area (Å²) in [6.07, 6.45) is 4.94. The Morgan fingerprint density at radius 2 is 2.36 bits per heavy atom. The molecule has 25 heavy (non-hydrogen) atoms. The Bertz CT molecular complexity index is 702. The highest BCUT2D eigenvalue weighted by atomic mass is 16.5. The molecule has 3 N–H and O–H groups in total. The molecule has 1 aromatic heterocycles. The van der Waals surface area contributed by atoms with E-state index >= 15 is 0 Å². The first-order chi connectivity index (χ1) is 11.9. The van der Waals surface area contributed by atoms with Crippen molar-refractivity contribution < 1.29 is 14.3 Å². The largest absolute Gasteiger partial charge is 0.368 e. The molecule has 2 amide bonds. The van der Waals surface area contributed by atoms with Crippen LogP contribution in [0, 0.1) is 11.8 Å². The molecular weight excluding hydrogens is 322 g/mol. The van der Waals surface area contributed by atoms with Gasteiger partial charge in [0, 0.05) is 25.3 Å². The fourth-order valence-corrected chi connectivity index (χ4v) is 4.60. The van der Waals surface area contributed by atoms with E-state index in [2.05, 4.69) is 10.4 Å².